The number of ether oxygens (including phenoxy) is 1. The smallest absolute Gasteiger partial charge is 0.330 e. The molecule has 0 aliphatic carbocycles. The number of imidazole rings is 1. The number of nitrogens with zero attached hydrogens (tertiary/aromatic N) is 2. The molecule has 1 aromatic heterocycles. The number of rotatable bonds is 6. The molecule has 0 amide bonds. The van der Waals surface area contributed by atoms with Crippen LogP contribution in [0, 0.1) is 0 Å². The lowest BCUT2D eigenvalue weighted by Crippen LogP contribution is -2.02. The summed E-state index contributed by atoms with van der Waals surface area (Å²) in [4.78, 5) is 15.2. The van der Waals surface area contributed by atoms with Gasteiger partial charge in [-0.1, -0.05) is 24.3 Å². The molecule has 5 nitrogen and oxygen atoms in total. The predicted octanol–water partition coefficient (Wildman–Crippen LogP) is 1.94. The maximum absolute atomic E-state index is 11.2. The third kappa shape index (κ3) is 4.74. The Balaban J connectivity index is 1.84. The van der Waals surface area contributed by atoms with E-state index in [1.807, 2.05) is 41.1 Å². The average molecular weight is 283 g/mol. The summed E-state index contributed by atoms with van der Waals surface area (Å²) in [6, 6.07) is 7.97. The van der Waals surface area contributed by atoms with E-state index in [-0.39, 0.29) is 12.6 Å². The van der Waals surface area contributed by atoms with Crippen LogP contribution in [0.4, 0.5) is 0 Å². The molecule has 0 saturated heterocycles. The minimum Gasteiger partial charge on any atom is -0.458 e. The zero-order chi connectivity index (χ0) is 14.9. The van der Waals surface area contributed by atoms with E-state index in [2.05, 4.69) is 4.98 Å². The van der Waals surface area contributed by atoms with Gasteiger partial charge in [0.15, 0.2) is 0 Å². The Morgan fingerprint density at radius 2 is 2.10 bits per heavy atom. The Labute approximate surface area is 123 Å². The first-order valence-electron chi connectivity index (χ1n) is 6.58. The number of carbonyl (C=O) groups is 1. The average Bonchev–Trinajstić information content (AvgIpc) is 3.04. The monoisotopic (exact) mass is 283 g/mol. The Hall–Kier alpha value is -2.66. The third-order valence-corrected chi connectivity index (χ3v) is 2.72. The molecular formula is C16H17N3O2. The first kappa shape index (κ1) is 14.7. The van der Waals surface area contributed by atoms with E-state index in [4.69, 9.17) is 10.5 Å². The van der Waals surface area contributed by atoms with E-state index in [0.717, 1.165) is 11.3 Å². The van der Waals surface area contributed by atoms with E-state index < -0.39 is 0 Å². The van der Waals surface area contributed by atoms with E-state index >= 15 is 0 Å². The molecule has 108 valence electrons. The van der Waals surface area contributed by atoms with Crippen LogP contribution >= 0.6 is 0 Å². The lowest BCUT2D eigenvalue weighted by Gasteiger charge is -2.02. The van der Waals surface area contributed by atoms with Crippen LogP contribution in [0.15, 0.2) is 61.2 Å². The molecule has 0 radical (unpaired) electrons. The first-order chi connectivity index (χ1) is 10.3. The van der Waals surface area contributed by atoms with Gasteiger partial charge in [0.1, 0.15) is 6.61 Å². The number of carbonyl (C=O) groups excluding carboxylic acids is 1. The molecule has 2 rings (SSSR count). The number of hydrogen-bond acceptors (Lipinski definition) is 4. The predicted molar refractivity (Wildman–Crippen MR) is 81.8 cm³/mol. The Kier molecular flexibility index (Phi) is 5.49. The summed E-state index contributed by atoms with van der Waals surface area (Å²) >= 11 is 0. The molecule has 0 aliphatic heterocycles. The maximum atomic E-state index is 11.2. The van der Waals surface area contributed by atoms with Gasteiger partial charge in [0.25, 0.3) is 0 Å². The van der Waals surface area contributed by atoms with E-state index in [1.54, 1.807) is 24.7 Å². The van der Waals surface area contributed by atoms with Crippen molar-refractivity contribution < 1.29 is 9.53 Å². The minimum absolute atomic E-state index is 0.233. The number of esters is 1. The van der Waals surface area contributed by atoms with Crippen molar-refractivity contribution in [3.63, 3.8) is 0 Å². The summed E-state index contributed by atoms with van der Waals surface area (Å²) in [7, 11) is 0. The highest BCUT2D eigenvalue weighted by molar-refractivity contribution is 5.82. The number of hydrogen-bond donors (Lipinski definition) is 1. The van der Waals surface area contributed by atoms with Gasteiger partial charge in [0.05, 0.1) is 6.33 Å². The second-order valence-electron chi connectivity index (χ2n) is 4.23. The molecule has 0 unspecified atom stereocenters. The molecule has 1 aromatic carbocycles. The Bertz CT molecular complexity index is 613. The maximum Gasteiger partial charge on any atom is 0.330 e. The molecule has 0 fully saturated rings. The van der Waals surface area contributed by atoms with Crippen LogP contribution in [0.3, 0.4) is 0 Å². The van der Waals surface area contributed by atoms with Gasteiger partial charge in [-0.15, -0.1) is 0 Å². The summed E-state index contributed by atoms with van der Waals surface area (Å²) in [6.07, 6.45) is 12.0. The number of nitrogens with two attached hydrogens (primary N) is 1. The highest BCUT2D eigenvalue weighted by Gasteiger charge is 1.95. The third-order valence-electron chi connectivity index (χ3n) is 2.72. The molecule has 21 heavy (non-hydrogen) atoms. The van der Waals surface area contributed by atoms with Crippen molar-refractivity contribution in [2.45, 2.75) is 0 Å². The topological polar surface area (TPSA) is 70.1 Å². The fourth-order valence-electron chi connectivity index (χ4n) is 1.70. The SMILES string of the molecule is NCC=CC(=O)OCC=Cc1ccc(-n2ccnc2)cc1. The summed E-state index contributed by atoms with van der Waals surface area (Å²) < 4.78 is 6.90. The van der Waals surface area contributed by atoms with Crippen molar-refractivity contribution in [2.75, 3.05) is 13.2 Å². The number of aromatic nitrogens is 2. The van der Waals surface area contributed by atoms with Crippen molar-refractivity contribution in [1.82, 2.24) is 9.55 Å². The van der Waals surface area contributed by atoms with E-state index in [0.29, 0.717) is 6.54 Å². The van der Waals surface area contributed by atoms with Crippen molar-refractivity contribution in [3.8, 4) is 5.69 Å². The molecule has 0 bridgehead atoms. The molecule has 1 heterocycles. The Morgan fingerprint density at radius 1 is 1.29 bits per heavy atom. The quantitative estimate of drug-likeness (QED) is 0.649. The van der Waals surface area contributed by atoms with Crippen molar-refractivity contribution in [2.24, 2.45) is 5.73 Å². The second-order valence-corrected chi connectivity index (χ2v) is 4.23. The van der Waals surface area contributed by atoms with Gasteiger partial charge >= 0.3 is 5.97 Å². The second kappa shape index (κ2) is 7.81. The summed E-state index contributed by atoms with van der Waals surface area (Å²) in [5, 5.41) is 0. The molecule has 5 heteroatoms. The standard InChI is InChI=1S/C16H17N3O2/c17-9-1-4-16(20)21-12-2-3-14-5-7-15(8-6-14)19-11-10-18-13-19/h1-8,10-11,13H,9,12,17H2. The van der Waals surface area contributed by atoms with Crippen LogP contribution in [0.25, 0.3) is 11.8 Å². The van der Waals surface area contributed by atoms with Gasteiger partial charge in [-0.05, 0) is 23.8 Å². The van der Waals surface area contributed by atoms with Gasteiger partial charge in [-0.25, -0.2) is 9.78 Å². The highest BCUT2D eigenvalue weighted by Crippen LogP contribution is 2.10. The molecule has 2 aromatic rings. The first-order valence-corrected chi connectivity index (χ1v) is 6.58. The van der Waals surface area contributed by atoms with Crippen LogP contribution in [0.5, 0.6) is 0 Å². The van der Waals surface area contributed by atoms with E-state index in [9.17, 15) is 4.79 Å². The molecule has 0 aliphatic rings. The van der Waals surface area contributed by atoms with Gasteiger partial charge in [0, 0.05) is 30.7 Å². The highest BCUT2D eigenvalue weighted by atomic mass is 16.5. The van der Waals surface area contributed by atoms with Gasteiger partial charge < -0.3 is 15.0 Å². The van der Waals surface area contributed by atoms with Crippen molar-refractivity contribution in [3.05, 3.63) is 66.8 Å². The summed E-state index contributed by atoms with van der Waals surface area (Å²) in [5.74, 6) is -0.388. The molecule has 0 atom stereocenters. The van der Waals surface area contributed by atoms with Gasteiger partial charge in [-0.2, -0.15) is 0 Å². The minimum atomic E-state index is -0.388. The molecule has 2 N–H and O–H groups in total. The largest absolute Gasteiger partial charge is 0.458 e. The zero-order valence-corrected chi connectivity index (χ0v) is 11.6. The molecular weight excluding hydrogens is 266 g/mol. The molecule has 0 saturated carbocycles. The van der Waals surface area contributed by atoms with Crippen LogP contribution in [0.2, 0.25) is 0 Å². The lowest BCUT2D eigenvalue weighted by atomic mass is 10.2. The number of benzene rings is 1. The zero-order valence-electron chi connectivity index (χ0n) is 11.6. The summed E-state index contributed by atoms with van der Waals surface area (Å²) in [5.41, 5.74) is 7.32. The van der Waals surface area contributed by atoms with Crippen LogP contribution in [-0.4, -0.2) is 28.7 Å². The fourth-order valence-corrected chi connectivity index (χ4v) is 1.70. The van der Waals surface area contributed by atoms with Crippen LogP contribution in [0.1, 0.15) is 5.56 Å². The normalized spacial score (nSPS) is 11.3. The van der Waals surface area contributed by atoms with Crippen molar-refractivity contribution >= 4 is 12.0 Å². The lowest BCUT2D eigenvalue weighted by molar-refractivity contribution is -0.136. The van der Waals surface area contributed by atoms with Gasteiger partial charge in [-0.3, -0.25) is 0 Å². The summed E-state index contributed by atoms with van der Waals surface area (Å²) in [6.45, 7) is 0.561. The van der Waals surface area contributed by atoms with Crippen LogP contribution < -0.4 is 5.73 Å². The fraction of sp³-hybridized carbons (Fsp3) is 0.125. The molecule has 0 spiro atoms. The Morgan fingerprint density at radius 3 is 2.76 bits per heavy atom. The van der Waals surface area contributed by atoms with E-state index in [1.165, 1.54) is 6.08 Å². The van der Waals surface area contributed by atoms with Crippen LogP contribution in [-0.2, 0) is 9.53 Å². The van der Waals surface area contributed by atoms with Gasteiger partial charge in [0.2, 0.25) is 0 Å². The van der Waals surface area contributed by atoms with Crippen molar-refractivity contribution in [1.29, 1.82) is 0 Å².